The Balaban J connectivity index is 1.86. The predicted molar refractivity (Wildman–Crippen MR) is 68.2 cm³/mol. The smallest absolute Gasteiger partial charge is 0.309 e. The fraction of sp³-hybridized carbons (Fsp3) is 0.933. The molecule has 3 fully saturated rings. The molecule has 6 unspecified atom stereocenters. The van der Waals surface area contributed by atoms with Crippen LogP contribution < -0.4 is 0 Å². The Bertz CT molecular complexity index is 357. The number of carboxylic acid groups (broad SMARTS) is 1. The fourth-order valence-corrected chi connectivity index (χ4v) is 4.94. The maximum atomic E-state index is 11.6. The van der Waals surface area contributed by atoms with Gasteiger partial charge in [0.1, 0.15) is 0 Å². The quantitative estimate of drug-likeness (QED) is 0.822. The summed E-state index contributed by atoms with van der Waals surface area (Å²) in [5, 5.41) is 9.54. The van der Waals surface area contributed by atoms with E-state index in [1.807, 2.05) is 20.8 Å². The summed E-state index contributed by atoms with van der Waals surface area (Å²) < 4.78 is 6.13. The molecular formula is C15H24O3. The molecule has 0 aromatic carbocycles. The number of aliphatic carboxylic acids is 1. The molecule has 3 aliphatic carbocycles. The van der Waals surface area contributed by atoms with Gasteiger partial charge in [-0.05, 0) is 63.7 Å². The topological polar surface area (TPSA) is 46.5 Å². The molecule has 1 N–H and O–H groups in total. The third kappa shape index (κ3) is 1.78. The molecule has 3 rings (SSSR count). The summed E-state index contributed by atoms with van der Waals surface area (Å²) in [6.45, 7) is 6.10. The average Bonchev–Trinajstić information content (AvgIpc) is 2.81. The number of rotatable bonds is 2. The van der Waals surface area contributed by atoms with Crippen LogP contribution in [0.5, 0.6) is 0 Å². The van der Waals surface area contributed by atoms with Crippen LogP contribution in [0.2, 0.25) is 0 Å². The van der Waals surface area contributed by atoms with E-state index in [2.05, 4.69) is 0 Å². The minimum atomic E-state index is -0.637. The summed E-state index contributed by atoms with van der Waals surface area (Å²) in [4.78, 5) is 11.6. The van der Waals surface area contributed by atoms with E-state index in [0.717, 1.165) is 12.3 Å². The van der Waals surface area contributed by atoms with Gasteiger partial charge < -0.3 is 9.84 Å². The summed E-state index contributed by atoms with van der Waals surface area (Å²) >= 11 is 0. The van der Waals surface area contributed by atoms with Gasteiger partial charge in [-0.3, -0.25) is 4.79 Å². The predicted octanol–water partition coefficient (Wildman–Crippen LogP) is 2.94. The molecule has 18 heavy (non-hydrogen) atoms. The van der Waals surface area contributed by atoms with Gasteiger partial charge in [-0.2, -0.15) is 0 Å². The van der Waals surface area contributed by atoms with E-state index in [9.17, 15) is 9.90 Å². The van der Waals surface area contributed by atoms with E-state index in [1.54, 1.807) is 0 Å². The number of hydrogen-bond donors (Lipinski definition) is 1. The highest BCUT2D eigenvalue weighted by Crippen LogP contribution is 2.62. The molecule has 0 aliphatic heterocycles. The Hall–Kier alpha value is -0.570. The van der Waals surface area contributed by atoms with Crippen molar-refractivity contribution in [1.29, 1.82) is 0 Å². The fourth-order valence-electron chi connectivity index (χ4n) is 4.94. The Labute approximate surface area is 109 Å². The second-order valence-corrected chi connectivity index (χ2v) is 7.38. The van der Waals surface area contributed by atoms with Crippen molar-refractivity contribution < 1.29 is 14.6 Å². The Kier molecular flexibility index (Phi) is 2.74. The second kappa shape index (κ2) is 3.96. The first kappa shape index (κ1) is 12.5. The zero-order valence-electron chi connectivity index (χ0n) is 11.6. The van der Waals surface area contributed by atoms with Crippen LogP contribution in [0.4, 0.5) is 0 Å². The lowest BCUT2D eigenvalue weighted by Gasteiger charge is -2.39. The van der Waals surface area contributed by atoms with Gasteiger partial charge in [-0.15, -0.1) is 0 Å². The number of ether oxygens (including phenoxy) is 1. The highest BCUT2D eigenvalue weighted by molar-refractivity contribution is 5.72. The van der Waals surface area contributed by atoms with Crippen molar-refractivity contribution in [3.05, 3.63) is 0 Å². The Morgan fingerprint density at radius 3 is 2.28 bits per heavy atom. The van der Waals surface area contributed by atoms with E-state index < -0.39 is 5.97 Å². The van der Waals surface area contributed by atoms with E-state index in [1.165, 1.54) is 19.3 Å². The number of carbonyl (C=O) groups is 1. The second-order valence-electron chi connectivity index (χ2n) is 7.38. The van der Waals surface area contributed by atoms with Crippen LogP contribution in [0.25, 0.3) is 0 Å². The molecule has 3 nitrogen and oxygen atoms in total. The van der Waals surface area contributed by atoms with Gasteiger partial charge >= 0.3 is 5.97 Å². The maximum Gasteiger partial charge on any atom is 0.309 e. The zero-order chi connectivity index (χ0) is 13.1. The van der Waals surface area contributed by atoms with Crippen molar-refractivity contribution in [1.82, 2.24) is 0 Å². The summed E-state index contributed by atoms with van der Waals surface area (Å²) in [7, 11) is 0. The van der Waals surface area contributed by atoms with E-state index >= 15 is 0 Å². The van der Waals surface area contributed by atoms with Crippen LogP contribution in [-0.2, 0) is 9.53 Å². The molecular weight excluding hydrogens is 228 g/mol. The lowest BCUT2D eigenvalue weighted by Crippen LogP contribution is -2.45. The number of fused-ring (bicyclic) bond motifs is 5. The highest BCUT2D eigenvalue weighted by Gasteiger charge is 2.62. The molecule has 2 bridgehead atoms. The zero-order valence-corrected chi connectivity index (χ0v) is 11.6. The molecule has 0 aromatic rings. The molecule has 0 amide bonds. The molecule has 0 aromatic heterocycles. The molecule has 0 heterocycles. The Morgan fingerprint density at radius 2 is 1.72 bits per heavy atom. The van der Waals surface area contributed by atoms with Crippen LogP contribution in [0, 0.1) is 29.6 Å². The first-order valence-corrected chi connectivity index (χ1v) is 7.29. The monoisotopic (exact) mass is 252 g/mol. The van der Waals surface area contributed by atoms with Gasteiger partial charge in [-0.25, -0.2) is 0 Å². The van der Waals surface area contributed by atoms with Crippen molar-refractivity contribution in [2.45, 2.75) is 58.2 Å². The van der Waals surface area contributed by atoms with Crippen LogP contribution in [0.1, 0.15) is 46.5 Å². The van der Waals surface area contributed by atoms with Crippen LogP contribution in [0.3, 0.4) is 0 Å². The van der Waals surface area contributed by atoms with E-state index in [-0.39, 0.29) is 17.6 Å². The standard InChI is InChI=1S/C15H24O3/c1-15(2,3)18-13-11-7-10(12(13)14(16)17)8-5-4-6-9(8)11/h8-13H,4-7H2,1-3H3,(H,16,17). The highest BCUT2D eigenvalue weighted by atomic mass is 16.5. The number of hydrogen-bond acceptors (Lipinski definition) is 2. The minimum absolute atomic E-state index is 0.0492. The van der Waals surface area contributed by atoms with Gasteiger partial charge in [0.05, 0.1) is 17.6 Å². The first-order valence-electron chi connectivity index (χ1n) is 7.29. The molecule has 0 radical (unpaired) electrons. The third-order valence-electron chi connectivity index (χ3n) is 5.28. The third-order valence-corrected chi connectivity index (χ3v) is 5.28. The van der Waals surface area contributed by atoms with Gasteiger partial charge in [0, 0.05) is 0 Å². The average molecular weight is 252 g/mol. The molecule has 3 heteroatoms. The lowest BCUT2D eigenvalue weighted by atomic mass is 9.74. The van der Waals surface area contributed by atoms with Crippen LogP contribution in [0.15, 0.2) is 0 Å². The maximum absolute atomic E-state index is 11.6. The van der Waals surface area contributed by atoms with Crippen LogP contribution >= 0.6 is 0 Å². The lowest BCUT2D eigenvalue weighted by molar-refractivity contribution is -0.163. The first-order chi connectivity index (χ1) is 8.38. The van der Waals surface area contributed by atoms with Crippen LogP contribution in [-0.4, -0.2) is 22.8 Å². The van der Waals surface area contributed by atoms with Gasteiger partial charge in [-0.1, -0.05) is 6.42 Å². The SMILES string of the molecule is CC(C)(C)OC1C2CC(C3CCCC32)C1C(=O)O. The summed E-state index contributed by atoms with van der Waals surface area (Å²) in [5.74, 6) is 1.42. The van der Waals surface area contributed by atoms with Gasteiger partial charge in [0.15, 0.2) is 0 Å². The summed E-state index contributed by atoms with van der Waals surface area (Å²) in [6.07, 6.45) is 4.87. The normalized spacial score (nSPS) is 46.4. The van der Waals surface area contributed by atoms with Gasteiger partial charge in [0.2, 0.25) is 0 Å². The molecule has 0 saturated heterocycles. The van der Waals surface area contributed by atoms with E-state index in [4.69, 9.17) is 4.74 Å². The van der Waals surface area contributed by atoms with Crippen molar-refractivity contribution in [3.8, 4) is 0 Å². The number of carboxylic acids is 1. The van der Waals surface area contributed by atoms with E-state index in [0.29, 0.717) is 17.8 Å². The molecule has 3 saturated carbocycles. The largest absolute Gasteiger partial charge is 0.481 e. The Morgan fingerprint density at radius 1 is 1.11 bits per heavy atom. The summed E-state index contributed by atoms with van der Waals surface area (Å²) in [6, 6.07) is 0. The van der Waals surface area contributed by atoms with Crippen molar-refractivity contribution >= 4 is 5.97 Å². The molecule has 0 spiro atoms. The molecule has 6 atom stereocenters. The van der Waals surface area contributed by atoms with Gasteiger partial charge in [0.25, 0.3) is 0 Å². The molecule has 3 aliphatic rings. The van der Waals surface area contributed by atoms with Crippen molar-refractivity contribution in [2.24, 2.45) is 29.6 Å². The molecule has 102 valence electrons. The summed E-state index contributed by atoms with van der Waals surface area (Å²) in [5.41, 5.74) is -0.239. The minimum Gasteiger partial charge on any atom is -0.481 e. The van der Waals surface area contributed by atoms with Crippen molar-refractivity contribution in [2.75, 3.05) is 0 Å². The van der Waals surface area contributed by atoms with Crippen molar-refractivity contribution in [3.63, 3.8) is 0 Å².